The predicted octanol–water partition coefficient (Wildman–Crippen LogP) is 3.78. The number of cyclic esters (lactones) is 1. The molecule has 1 fully saturated rings. The normalized spacial score (nSPS) is 19.4. The molecular weight excluding hydrogens is 385 g/mol. The molecular formula is C23H32FN3O3. The Hall–Kier alpha value is -2.93. The highest BCUT2D eigenvalue weighted by Crippen LogP contribution is 2.23. The van der Waals surface area contributed by atoms with Crippen LogP contribution in [0.3, 0.4) is 0 Å². The molecule has 0 radical (unpaired) electrons. The Morgan fingerprint density at radius 1 is 1.40 bits per heavy atom. The molecule has 1 heterocycles. The third-order valence-electron chi connectivity index (χ3n) is 4.62. The lowest BCUT2D eigenvalue weighted by Gasteiger charge is -2.15. The van der Waals surface area contributed by atoms with Gasteiger partial charge < -0.3 is 15.4 Å². The molecule has 0 aromatic rings. The fourth-order valence-electron chi connectivity index (χ4n) is 2.75. The summed E-state index contributed by atoms with van der Waals surface area (Å²) in [6.07, 6.45) is 9.04. The van der Waals surface area contributed by atoms with Gasteiger partial charge in [0.05, 0.1) is 13.1 Å². The first-order valence-electron chi connectivity index (χ1n) is 9.80. The number of carbonyl (C=O) groups excluding carboxylic acids is 2. The third kappa shape index (κ3) is 7.83. The van der Waals surface area contributed by atoms with Gasteiger partial charge in [0.2, 0.25) is 5.91 Å². The summed E-state index contributed by atoms with van der Waals surface area (Å²) in [6, 6.07) is 0. The summed E-state index contributed by atoms with van der Waals surface area (Å²) in [6.45, 7) is 13.5. The van der Waals surface area contributed by atoms with Gasteiger partial charge in [0.25, 0.3) is 0 Å². The number of rotatable bonds is 11. The first kappa shape index (κ1) is 25.1. The molecule has 0 aromatic heterocycles. The molecule has 1 aliphatic rings. The van der Waals surface area contributed by atoms with Crippen molar-refractivity contribution in [1.82, 2.24) is 15.5 Å². The zero-order valence-electron chi connectivity index (χ0n) is 18.2. The predicted molar refractivity (Wildman–Crippen MR) is 118 cm³/mol. The van der Waals surface area contributed by atoms with E-state index in [9.17, 15) is 14.0 Å². The van der Waals surface area contributed by atoms with Crippen molar-refractivity contribution in [2.24, 2.45) is 5.92 Å². The number of ether oxygens (including phenoxy) is 1. The van der Waals surface area contributed by atoms with Gasteiger partial charge in [0.15, 0.2) is 0 Å². The molecule has 2 unspecified atom stereocenters. The van der Waals surface area contributed by atoms with Gasteiger partial charge in [-0.15, -0.1) is 0 Å². The van der Waals surface area contributed by atoms with Gasteiger partial charge in [0.1, 0.15) is 11.9 Å². The smallest absolute Gasteiger partial charge is 0.414 e. The van der Waals surface area contributed by atoms with Crippen molar-refractivity contribution >= 4 is 12.0 Å². The fourth-order valence-corrected chi connectivity index (χ4v) is 2.75. The summed E-state index contributed by atoms with van der Waals surface area (Å²) in [7, 11) is 1.85. The van der Waals surface area contributed by atoms with E-state index in [4.69, 9.17) is 4.74 Å². The van der Waals surface area contributed by atoms with Gasteiger partial charge in [-0.2, -0.15) is 0 Å². The molecule has 2 N–H and O–H groups in total. The molecule has 1 aliphatic heterocycles. The highest BCUT2D eigenvalue weighted by molar-refractivity contribution is 5.74. The van der Waals surface area contributed by atoms with Crippen molar-refractivity contribution in [3.8, 4) is 0 Å². The average molecular weight is 418 g/mol. The molecule has 1 rings (SSSR count). The van der Waals surface area contributed by atoms with Crippen molar-refractivity contribution in [3.05, 3.63) is 72.3 Å². The van der Waals surface area contributed by atoms with Crippen molar-refractivity contribution in [1.29, 1.82) is 0 Å². The van der Waals surface area contributed by atoms with Crippen molar-refractivity contribution < 1.29 is 18.7 Å². The molecule has 0 aromatic carbocycles. The fraction of sp³-hybridized carbons (Fsp3) is 0.391. The van der Waals surface area contributed by atoms with Crippen LogP contribution >= 0.6 is 0 Å². The van der Waals surface area contributed by atoms with Crippen molar-refractivity contribution in [2.75, 3.05) is 26.7 Å². The Morgan fingerprint density at radius 2 is 2.10 bits per heavy atom. The number of carbonyl (C=O) groups is 2. The van der Waals surface area contributed by atoms with Gasteiger partial charge in [-0.25, -0.2) is 9.18 Å². The number of allylic oxidation sites excluding steroid dienone is 7. The van der Waals surface area contributed by atoms with E-state index in [1.807, 2.05) is 32.2 Å². The lowest BCUT2D eigenvalue weighted by molar-refractivity contribution is -0.119. The Balaban J connectivity index is 2.96. The van der Waals surface area contributed by atoms with E-state index in [0.29, 0.717) is 17.8 Å². The number of hydrogen-bond donors (Lipinski definition) is 2. The molecule has 0 bridgehead atoms. The summed E-state index contributed by atoms with van der Waals surface area (Å²) < 4.78 is 20.1. The molecule has 6 nitrogen and oxygen atoms in total. The quantitative estimate of drug-likeness (QED) is 0.502. The standard InChI is InChI=1S/C23H32FN3O3/c1-7-9-19(13-25-6)11-10-16(3)17(4)22(24)12-20(8-2)27-15-21(30-23(27)29)14-26-18(5)28/h7-12,16,21,25H,1-2,13-15H2,3-6H3,(H,26,28)/b11-10-,19-9+,20-12+,22-17-. The average Bonchev–Trinajstić information content (AvgIpc) is 3.08. The third-order valence-corrected chi connectivity index (χ3v) is 4.62. The molecule has 2 amide bonds. The first-order chi connectivity index (χ1) is 14.2. The molecule has 0 spiro atoms. The topological polar surface area (TPSA) is 70.7 Å². The second-order valence-electron chi connectivity index (χ2n) is 7.01. The molecule has 164 valence electrons. The van der Waals surface area contributed by atoms with E-state index in [1.165, 1.54) is 24.0 Å². The van der Waals surface area contributed by atoms with Gasteiger partial charge in [-0.05, 0) is 43.2 Å². The van der Waals surface area contributed by atoms with E-state index in [-0.39, 0.29) is 24.9 Å². The highest BCUT2D eigenvalue weighted by atomic mass is 19.1. The SMILES string of the molecule is C=C/C=C(\C=C/C(C)/C(C)=C(F)/C=C(\C=C)N1CC(CNC(C)=O)OC1=O)CNC. The highest BCUT2D eigenvalue weighted by Gasteiger charge is 2.32. The second-order valence-corrected chi connectivity index (χ2v) is 7.01. The Morgan fingerprint density at radius 3 is 2.67 bits per heavy atom. The molecule has 30 heavy (non-hydrogen) atoms. The van der Waals surface area contributed by atoms with E-state index in [2.05, 4.69) is 23.8 Å². The van der Waals surface area contributed by atoms with Crippen LogP contribution in [0.15, 0.2) is 72.3 Å². The Kier molecular flexibility index (Phi) is 10.5. The molecule has 0 saturated carbocycles. The number of likely N-dealkylation sites (N-methyl/N-ethyl adjacent to an activating group) is 1. The van der Waals surface area contributed by atoms with Gasteiger partial charge >= 0.3 is 6.09 Å². The van der Waals surface area contributed by atoms with Crippen LogP contribution in [0.1, 0.15) is 20.8 Å². The van der Waals surface area contributed by atoms with Crippen LogP contribution < -0.4 is 10.6 Å². The molecule has 7 heteroatoms. The van der Waals surface area contributed by atoms with Crippen LogP contribution in [0.4, 0.5) is 9.18 Å². The largest absolute Gasteiger partial charge is 0.442 e. The van der Waals surface area contributed by atoms with Gasteiger partial charge in [0, 0.05) is 19.2 Å². The minimum absolute atomic E-state index is 0.157. The number of nitrogens with zero attached hydrogens (tertiary/aromatic N) is 1. The zero-order chi connectivity index (χ0) is 22.7. The van der Waals surface area contributed by atoms with Crippen molar-refractivity contribution in [2.45, 2.75) is 26.9 Å². The van der Waals surface area contributed by atoms with Crippen LogP contribution in [0.25, 0.3) is 0 Å². The second kappa shape index (κ2) is 12.6. The van der Waals surface area contributed by atoms with Crippen LogP contribution in [-0.2, 0) is 9.53 Å². The maximum atomic E-state index is 14.9. The summed E-state index contributed by atoms with van der Waals surface area (Å²) in [5.74, 6) is -0.810. The van der Waals surface area contributed by atoms with Crippen LogP contribution in [0.5, 0.6) is 0 Å². The van der Waals surface area contributed by atoms with E-state index in [1.54, 1.807) is 13.0 Å². The lowest BCUT2D eigenvalue weighted by Crippen LogP contribution is -2.33. The van der Waals surface area contributed by atoms with Crippen molar-refractivity contribution in [3.63, 3.8) is 0 Å². The molecule has 0 aliphatic carbocycles. The molecule has 2 atom stereocenters. The minimum atomic E-state index is -0.596. The number of nitrogens with one attached hydrogen (secondary N) is 2. The number of halogens is 1. The zero-order valence-corrected chi connectivity index (χ0v) is 18.2. The van der Waals surface area contributed by atoms with Crippen LogP contribution in [-0.4, -0.2) is 49.7 Å². The summed E-state index contributed by atoms with van der Waals surface area (Å²) in [5.41, 5.74) is 1.86. The summed E-state index contributed by atoms with van der Waals surface area (Å²) >= 11 is 0. The molecule has 1 saturated heterocycles. The Labute approximate surface area is 178 Å². The maximum Gasteiger partial charge on any atom is 0.414 e. The van der Waals surface area contributed by atoms with E-state index < -0.39 is 18.0 Å². The Bertz CT molecular complexity index is 781. The number of amides is 2. The summed E-state index contributed by atoms with van der Waals surface area (Å²) in [4.78, 5) is 24.5. The van der Waals surface area contributed by atoms with Crippen LogP contribution in [0, 0.1) is 5.92 Å². The minimum Gasteiger partial charge on any atom is -0.442 e. The monoisotopic (exact) mass is 417 g/mol. The van der Waals surface area contributed by atoms with E-state index in [0.717, 1.165) is 5.57 Å². The lowest BCUT2D eigenvalue weighted by atomic mass is 9.99. The van der Waals surface area contributed by atoms with Crippen LogP contribution in [0.2, 0.25) is 0 Å². The van der Waals surface area contributed by atoms with Gasteiger partial charge in [-0.1, -0.05) is 44.4 Å². The first-order valence-corrected chi connectivity index (χ1v) is 9.80. The summed E-state index contributed by atoms with van der Waals surface area (Å²) in [5, 5.41) is 5.68. The number of hydrogen-bond acceptors (Lipinski definition) is 4. The van der Waals surface area contributed by atoms with Gasteiger partial charge in [-0.3, -0.25) is 9.69 Å². The van der Waals surface area contributed by atoms with E-state index >= 15 is 0 Å². The maximum absolute atomic E-state index is 14.9.